The van der Waals surface area contributed by atoms with Crippen molar-refractivity contribution >= 4 is 5.82 Å². The van der Waals surface area contributed by atoms with Gasteiger partial charge >= 0.3 is 0 Å². The summed E-state index contributed by atoms with van der Waals surface area (Å²) in [5.74, 6) is 1.81. The second-order valence-electron chi connectivity index (χ2n) is 6.75. The van der Waals surface area contributed by atoms with Crippen LogP contribution in [0.4, 0.5) is 5.82 Å². The molecule has 2 aromatic rings. The molecule has 1 N–H and O–H groups in total. The molecule has 0 spiro atoms. The van der Waals surface area contributed by atoms with E-state index in [-0.39, 0.29) is 5.56 Å². The van der Waals surface area contributed by atoms with Crippen molar-refractivity contribution in [2.75, 3.05) is 19.0 Å². The maximum Gasteiger partial charge on any atom is 0.293 e. The summed E-state index contributed by atoms with van der Waals surface area (Å²) in [5, 5.41) is 3.30. The van der Waals surface area contributed by atoms with Crippen LogP contribution in [-0.2, 0) is 6.42 Å². The molecule has 2 aliphatic rings. The monoisotopic (exact) mass is 325 g/mol. The van der Waals surface area contributed by atoms with E-state index in [1.165, 1.54) is 17.5 Å². The predicted molar refractivity (Wildman–Crippen MR) is 93.9 cm³/mol. The van der Waals surface area contributed by atoms with Crippen molar-refractivity contribution in [1.82, 2.24) is 9.55 Å². The summed E-state index contributed by atoms with van der Waals surface area (Å²) in [4.78, 5) is 16.7. The molecule has 0 aliphatic heterocycles. The van der Waals surface area contributed by atoms with Crippen molar-refractivity contribution < 1.29 is 4.74 Å². The molecule has 4 rings (SSSR count). The molecule has 1 saturated carbocycles. The van der Waals surface area contributed by atoms with Crippen molar-refractivity contribution in [3.05, 3.63) is 52.1 Å². The summed E-state index contributed by atoms with van der Waals surface area (Å²) in [6.45, 7) is 0.746. The standard InChI is InChI=1S/C19H23N3O2/c1-24-16-7-8-17-13(11-16)3-2-4-14(17)12-21-18-19(23)22(10-9-20-18)15-5-6-15/h7-11,14-15H,2-6,12H2,1H3,(H,20,21). The SMILES string of the molecule is COc1ccc2c(c1)CCCC2CNc1nccn(C2CC2)c1=O. The molecule has 24 heavy (non-hydrogen) atoms. The second kappa shape index (κ2) is 6.30. The highest BCUT2D eigenvalue weighted by Crippen LogP contribution is 2.34. The zero-order chi connectivity index (χ0) is 16.5. The molecule has 0 saturated heterocycles. The number of methoxy groups -OCH3 is 1. The first kappa shape index (κ1) is 15.2. The van der Waals surface area contributed by atoms with Gasteiger partial charge in [0.05, 0.1) is 7.11 Å². The summed E-state index contributed by atoms with van der Waals surface area (Å²) < 4.78 is 7.15. The fraction of sp³-hybridized carbons (Fsp3) is 0.474. The van der Waals surface area contributed by atoms with Crippen LogP contribution in [0.1, 0.15) is 48.8 Å². The van der Waals surface area contributed by atoms with Crippen molar-refractivity contribution in [2.24, 2.45) is 0 Å². The topological polar surface area (TPSA) is 56.1 Å². The normalized spacial score (nSPS) is 19.6. The highest BCUT2D eigenvalue weighted by Gasteiger charge is 2.26. The Hall–Kier alpha value is -2.30. The first-order valence-corrected chi connectivity index (χ1v) is 8.74. The van der Waals surface area contributed by atoms with Crippen LogP contribution in [0.2, 0.25) is 0 Å². The largest absolute Gasteiger partial charge is 0.497 e. The number of rotatable bonds is 5. The lowest BCUT2D eigenvalue weighted by Crippen LogP contribution is -2.26. The Morgan fingerprint density at radius 1 is 1.33 bits per heavy atom. The molecule has 5 nitrogen and oxygen atoms in total. The van der Waals surface area contributed by atoms with Gasteiger partial charge in [0.15, 0.2) is 5.82 Å². The number of fused-ring (bicyclic) bond motifs is 1. The molecule has 1 heterocycles. The van der Waals surface area contributed by atoms with Crippen LogP contribution >= 0.6 is 0 Å². The number of benzene rings is 1. The molecule has 0 bridgehead atoms. The summed E-state index contributed by atoms with van der Waals surface area (Å²) in [5.41, 5.74) is 2.74. The van der Waals surface area contributed by atoms with E-state index in [1.807, 2.05) is 10.6 Å². The molecule has 126 valence electrons. The average Bonchev–Trinajstić information content (AvgIpc) is 3.45. The molecule has 5 heteroatoms. The van der Waals surface area contributed by atoms with Gasteiger partial charge in [0.2, 0.25) is 0 Å². The number of nitrogens with one attached hydrogen (secondary N) is 1. The van der Waals surface area contributed by atoms with Gasteiger partial charge in [0.1, 0.15) is 5.75 Å². The van der Waals surface area contributed by atoms with Gasteiger partial charge in [-0.3, -0.25) is 4.79 Å². The van der Waals surface area contributed by atoms with Crippen molar-refractivity contribution in [2.45, 2.75) is 44.1 Å². The fourth-order valence-corrected chi connectivity index (χ4v) is 3.64. The molecule has 1 atom stereocenters. The molecule has 0 amide bonds. The third-order valence-electron chi connectivity index (χ3n) is 5.11. The first-order chi connectivity index (χ1) is 11.8. The molecule has 1 aromatic carbocycles. The van der Waals surface area contributed by atoms with Crippen LogP contribution in [0.3, 0.4) is 0 Å². The van der Waals surface area contributed by atoms with Crippen LogP contribution in [0.25, 0.3) is 0 Å². The molecular weight excluding hydrogens is 302 g/mol. The Bertz CT molecular complexity index is 795. The number of nitrogens with zero attached hydrogens (tertiary/aromatic N) is 2. The number of ether oxygens (including phenoxy) is 1. The lowest BCUT2D eigenvalue weighted by molar-refractivity contribution is 0.413. The maximum absolute atomic E-state index is 12.5. The average molecular weight is 325 g/mol. The van der Waals surface area contributed by atoms with E-state index in [4.69, 9.17) is 4.74 Å². The predicted octanol–water partition coefficient (Wildman–Crippen LogP) is 3.12. The Morgan fingerprint density at radius 2 is 2.21 bits per heavy atom. The second-order valence-corrected chi connectivity index (χ2v) is 6.75. The number of hydrogen-bond donors (Lipinski definition) is 1. The zero-order valence-electron chi connectivity index (χ0n) is 14.0. The summed E-state index contributed by atoms with van der Waals surface area (Å²) in [7, 11) is 1.70. The first-order valence-electron chi connectivity index (χ1n) is 8.74. The number of anilines is 1. The minimum atomic E-state index is 0.00534. The lowest BCUT2D eigenvalue weighted by Gasteiger charge is -2.26. The quantitative estimate of drug-likeness (QED) is 0.918. The van der Waals surface area contributed by atoms with E-state index < -0.39 is 0 Å². The minimum Gasteiger partial charge on any atom is -0.497 e. The molecule has 1 aromatic heterocycles. The fourth-order valence-electron chi connectivity index (χ4n) is 3.64. The van der Waals surface area contributed by atoms with Crippen LogP contribution in [0, 0.1) is 0 Å². The van der Waals surface area contributed by atoms with Gasteiger partial charge in [-0.1, -0.05) is 6.07 Å². The van der Waals surface area contributed by atoms with E-state index in [1.54, 1.807) is 19.5 Å². The Morgan fingerprint density at radius 3 is 3.00 bits per heavy atom. The van der Waals surface area contributed by atoms with Gasteiger partial charge in [-0.2, -0.15) is 0 Å². The number of hydrogen-bond acceptors (Lipinski definition) is 4. The van der Waals surface area contributed by atoms with E-state index >= 15 is 0 Å². The van der Waals surface area contributed by atoms with Gasteiger partial charge in [-0.25, -0.2) is 4.98 Å². The van der Waals surface area contributed by atoms with Gasteiger partial charge in [0, 0.05) is 30.9 Å². The molecule has 0 radical (unpaired) electrons. The van der Waals surface area contributed by atoms with Crippen molar-refractivity contribution in [3.63, 3.8) is 0 Å². The van der Waals surface area contributed by atoms with E-state index in [0.29, 0.717) is 17.8 Å². The van der Waals surface area contributed by atoms with Crippen LogP contribution in [0.5, 0.6) is 5.75 Å². The third-order valence-corrected chi connectivity index (χ3v) is 5.11. The molecule has 2 aliphatic carbocycles. The zero-order valence-corrected chi connectivity index (χ0v) is 14.0. The van der Waals surface area contributed by atoms with Gasteiger partial charge in [-0.15, -0.1) is 0 Å². The molecule has 1 unspecified atom stereocenters. The number of aryl methyl sites for hydroxylation is 1. The van der Waals surface area contributed by atoms with Crippen molar-refractivity contribution in [3.8, 4) is 5.75 Å². The smallest absolute Gasteiger partial charge is 0.293 e. The Labute approximate surface area is 141 Å². The van der Waals surface area contributed by atoms with Gasteiger partial charge in [-0.05, 0) is 55.4 Å². The van der Waals surface area contributed by atoms with E-state index in [9.17, 15) is 4.79 Å². The van der Waals surface area contributed by atoms with Crippen LogP contribution < -0.4 is 15.6 Å². The van der Waals surface area contributed by atoms with Crippen LogP contribution in [-0.4, -0.2) is 23.2 Å². The Balaban J connectivity index is 1.51. The summed E-state index contributed by atoms with van der Waals surface area (Å²) in [6.07, 6.45) is 9.12. The summed E-state index contributed by atoms with van der Waals surface area (Å²) in [6, 6.07) is 6.71. The highest BCUT2D eigenvalue weighted by molar-refractivity contribution is 5.41. The minimum absolute atomic E-state index is 0.00534. The molecule has 1 fully saturated rings. The highest BCUT2D eigenvalue weighted by atomic mass is 16.5. The third kappa shape index (κ3) is 2.90. The van der Waals surface area contributed by atoms with Crippen molar-refractivity contribution in [1.29, 1.82) is 0 Å². The van der Waals surface area contributed by atoms with Gasteiger partial charge < -0.3 is 14.6 Å². The van der Waals surface area contributed by atoms with E-state index in [0.717, 1.165) is 38.0 Å². The maximum atomic E-state index is 12.5. The van der Waals surface area contributed by atoms with Gasteiger partial charge in [0.25, 0.3) is 5.56 Å². The van der Waals surface area contributed by atoms with E-state index in [2.05, 4.69) is 22.4 Å². The molecular formula is C19H23N3O2. The number of aromatic nitrogens is 2. The lowest BCUT2D eigenvalue weighted by atomic mass is 9.82. The summed E-state index contributed by atoms with van der Waals surface area (Å²) >= 11 is 0. The Kier molecular flexibility index (Phi) is 4.00. The van der Waals surface area contributed by atoms with Crippen LogP contribution in [0.15, 0.2) is 35.4 Å².